The summed E-state index contributed by atoms with van der Waals surface area (Å²) in [6.07, 6.45) is 1.75. The van der Waals surface area contributed by atoms with Crippen molar-refractivity contribution in [3.8, 4) is 17.1 Å². The highest BCUT2D eigenvalue weighted by atomic mass is 19.1. The molecule has 9 heteroatoms. The summed E-state index contributed by atoms with van der Waals surface area (Å²) in [5, 5.41) is 16.2. The number of ether oxygens (including phenoxy) is 1. The van der Waals surface area contributed by atoms with Crippen molar-refractivity contribution in [1.82, 2.24) is 30.1 Å². The van der Waals surface area contributed by atoms with Crippen LogP contribution in [0.1, 0.15) is 10.4 Å². The lowest BCUT2D eigenvalue weighted by Crippen LogP contribution is -2.40. The van der Waals surface area contributed by atoms with E-state index in [1.165, 1.54) is 12.1 Å². The number of fused-ring (bicyclic) bond motifs is 1. The molecule has 3 heterocycles. The number of benzene rings is 2. The number of rotatable bonds is 3. The highest BCUT2D eigenvalue weighted by molar-refractivity contribution is 5.94. The third-order valence-electron chi connectivity index (χ3n) is 4.94. The van der Waals surface area contributed by atoms with Crippen molar-refractivity contribution in [2.45, 2.75) is 0 Å². The summed E-state index contributed by atoms with van der Waals surface area (Å²) < 4.78 is 20.3. The number of nitrogens with one attached hydrogen (secondary N) is 1. The van der Waals surface area contributed by atoms with Gasteiger partial charge in [-0.25, -0.2) is 9.07 Å². The summed E-state index contributed by atoms with van der Waals surface area (Å²) in [6.45, 7) is 2.35. The van der Waals surface area contributed by atoms with Crippen molar-refractivity contribution in [2.24, 2.45) is 0 Å². The normalized spacial score (nSPS) is 14.4. The molecule has 4 aromatic rings. The van der Waals surface area contributed by atoms with Gasteiger partial charge in [0.2, 0.25) is 0 Å². The number of carbonyl (C=O) groups is 1. The van der Waals surface area contributed by atoms with E-state index >= 15 is 0 Å². The Hall–Kier alpha value is -3.59. The first kappa shape index (κ1) is 17.5. The number of nitrogens with zero attached hydrogens (tertiary/aromatic N) is 5. The highest BCUT2D eigenvalue weighted by Gasteiger charge is 2.18. The van der Waals surface area contributed by atoms with Crippen LogP contribution in [0.4, 0.5) is 4.39 Å². The maximum Gasteiger partial charge on any atom is 0.254 e. The third-order valence-corrected chi connectivity index (χ3v) is 4.94. The Labute approximate surface area is 164 Å². The van der Waals surface area contributed by atoms with Gasteiger partial charge in [-0.2, -0.15) is 5.10 Å². The molecule has 0 bridgehead atoms. The maximum absolute atomic E-state index is 13.4. The molecule has 0 saturated carbocycles. The Bertz CT molecular complexity index is 1180. The zero-order chi connectivity index (χ0) is 19.8. The van der Waals surface area contributed by atoms with E-state index in [2.05, 4.69) is 20.5 Å². The van der Waals surface area contributed by atoms with Crippen molar-refractivity contribution < 1.29 is 13.9 Å². The van der Waals surface area contributed by atoms with Crippen LogP contribution in [0.5, 0.6) is 0 Å². The van der Waals surface area contributed by atoms with Gasteiger partial charge in [-0.1, -0.05) is 5.21 Å². The zero-order valence-electron chi connectivity index (χ0n) is 15.4. The topological polar surface area (TPSA) is 88.9 Å². The molecule has 0 spiro atoms. The number of amides is 1. The molecule has 1 N–H and O–H groups in total. The SMILES string of the molecule is O=C(c1ccc(-n2cc(-c3n[nH]c4cc(F)ccc34)nn2)cc1)N1CCOCC1. The molecule has 8 nitrogen and oxygen atoms in total. The second-order valence-electron chi connectivity index (χ2n) is 6.76. The Morgan fingerprint density at radius 3 is 2.69 bits per heavy atom. The van der Waals surface area contributed by atoms with Crippen molar-refractivity contribution >= 4 is 16.8 Å². The lowest BCUT2D eigenvalue weighted by atomic mass is 10.1. The van der Waals surface area contributed by atoms with Gasteiger partial charge >= 0.3 is 0 Å². The Morgan fingerprint density at radius 1 is 1.10 bits per heavy atom. The molecular formula is C20H17FN6O2. The van der Waals surface area contributed by atoms with Crippen LogP contribution >= 0.6 is 0 Å². The van der Waals surface area contributed by atoms with Gasteiger partial charge in [0.05, 0.1) is 30.6 Å². The van der Waals surface area contributed by atoms with Crippen molar-refractivity contribution in [1.29, 1.82) is 0 Å². The predicted molar refractivity (Wildman–Crippen MR) is 103 cm³/mol. The quantitative estimate of drug-likeness (QED) is 0.578. The van der Waals surface area contributed by atoms with E-state index in [0.717, 1.165) is 11.1 Å². The van der Waals surface area contributed by atoms with E-state index in [-0.39, 0.29) is 11.7 Å². The fourth-order valence-electron chi connectivity index (χ4n) is 3.39. The van der Waals surface area contributed by atoms with Crippen LogP contribution in [-0.4, -0.2) is 62.3 Å². The second kappa shape index (κ2) is 7.10. The average Bonchev–Trinajstić information content (AvgIpc) is 3.40. The fourth-order valence-corrected chi connectivity index (χ4v) is 3.39. The minimum Gasteiger partial charge on any atom is -0.378 e. The molecular weight excluding hydrogens is 375 g/mol. The van der Waals surface area contributed by atoms with Crippen LogP contribution < -0.4 is 0 Å². The van der Waals surface area contributed by atoms with Crippen molar-refractivity contribution in [3.05, 3.63) is 60.0 Å². The molecule has 0 aliphatic carbocycles. The first-order chi connectivity index (χ1) is 14.2. The van der Waals surface area contributed by atoms with Crippen LogP contribution in [-0.2, 0) is 4.74 Å². The third kappa shape index (κ3) is 3.25. The molecule has 2 aromatic heterocycles. The minimum atomic E-state index is -0.330. The highest BCUT2D eigenvalue weighted by Crippen LogP contribution is 2.25. The van der Waals surface area contributed by atoms with E-state index in [4.69, 9.17) is 4.74 Å². The first-order valence-corrected chi connectivity index (χ1v) is 9.23. The number of halogens is 1. The van der Waals surface area contributed by atoms with E-state index in [9.17, 15) is 9.18 Å². The van der Waals surface area contributed by atoms with Crippen LogP contribution in [0.2, 0.25) is 0 Å². The molecule has 1 aliphatic rings. The van der Waals surface area contributed by atoms with Gasteiger partial charge in [-0.05, 0) is 42.5 Å². The molecule has 1 amide bonds. The maximum atomic E-state index is 13.4. The van der Waals surface area contributed by atoms with E-state index in [1.807, 2.05) is 12.1 Å². The number of H-pyrrole nitrogens is 1. The lowest BCUT2D eigenvalue weighted by molar-refractivity contribution is 0.0303. The Morgan fingerprint density at radius 2 is 1.90 bits per heavy atom. The average molecular weight is 392 g/mol. The molecule has 5 rings (SSSR count). The molecule has 146 valence electrons. The number of hydrogen-bond donors (Lipinski definition) is 1. The smallest absolute Gasteiger partial charge is 0.254 e. The van der Waals surface area contributed by atoms with Crippen LogP contribution in [0.3, 0.4) is 0 Å². The van der Waals surface area contributed by atoms with Gasteiger partial charge in [0.25, 0.3) is 5.91 Å². The van der Waals surface area contributed by atoms with E-state index in [0.29, 0.717) is 48.8 Å². The second-order valence-corrected chi connectivity index (χ2v) is 6.76. The van der Waals surface area contributed by atoms with Gasteiger partial charge in [0.1, 0.15) is 17.2 Å². The van der Waals surface area contributed by atoms with E-state index < -0.39 is 0 Å². The molecule has 0 unspecified atom stereocenters. The van der Waals surface area contributed by atoms with Crippen LogP contribution in [0.25, 0.3) is 28.0 Å². The van der Waals surface area contributed by atoms with Crippen molar-refractivity contribution in [2.75, 3.05) is 26.3 Å². The summed E-state index contributed by atoms with van der Waals surface area (Å²) >= 11 is 0. The summed E-state index contributed by atoms with van der Waals surface area (Å²) in [4.78, 5) is 14.3. The number of carbonyl (C=O) groups excluding carboxylic acids is 1. The largest absolute Gasteiger partial charge is 0.378 e. The van der Waals surface area contributed by atoms with Crippen LogP contribution in [0.15, 0.2) is 48.7 Å². The summed E-state index contributed by atoms with van der Waals surface area (Å²) in [6, 6.07) is 11.6. The molecule has 1 saturated heterocycles. The van der Waals surface area contributed by atoms with Gasteiger partial charge in [0.15, 0.2) is 0 Å². The lowest BCUT2D eigenvalue weighted by Gasteiger charge is -2.26. The zero-order valence-corrected chi connectivity index (χ0v) is 15.4. The van der Waals surface area contributed by atoms with Crippen molar-refractivity contribution in [3.63, 3.8) is 0 Å². The Kier molecular flexibility index (Phi) is 4.28. The molecule has 29 heavy (non-hydrogen) atoms. The predicted octanol–water partition coefficient (Wildman–Crippen LogP) is 2.42. The fraction of sp³-hybridized carbons (Fsp3) is 0.200. The number of aromatic nitrogens is 5. The molecule has 0 radical (unpaired) electrons. The number of hydrogen-bond acceptors (Lipinski definition) is 5. The Balaban J connectivity index is 1.39. The van der Waals surface area contributed by atoms with Gasteiger partial charge in [-0.15, -0.1) is 5.10 Å². The molecule has 2 aromatic carbocycles. The first-order valence-electron chi connectivity index (χ1n) is 9.23. The van der Waals surface area contributed by atoms with E-state index in [1.54, 1.807) is 34.0 Å². The number of aromatic amines is 1. The molecule has 1 aliphatic heterocycles. The summed E-state index contributed by atoms with van der Waals surface area (Å²) in [5.74, 6) is -0.336. The molecule has 0 atom stereocenters. The van der Waals surface area contributed by atoms with Gasteiger partial charge in [0, 0.05) is 24.0 Å². The number of morpholine rings is 1. The summed E-state index contributed by atoms with van der Waals surface area (Å²) in [7, 11) is 0. The monoisotopic (exact) mass is 392 g/mol. The standard InChI is InChI=1S/C20H17FN6O2/c21-14-3-6-16-17(11-14)22-24-19(16)18-12-27(25-23-18)15-4-1-13(2-5-15)20(28)26-7-9-29-10-8-26/h1-6,11-12H,7-10H2,(H,22,24). The summed E-state index contributed by atoms with van der Waals surface area (Å²) in [5.41, 5.74) is 3.16. The molecule has 1 fully saturated rings. The van der Waals surface area contributed by atoms with Crippen LogP contribution in [0, 0.1) is 5.82 Å². The van der Waals surface area contributed by atoms with Gasteiger partial charge in [-0.3, -0.25) is 9.89 Å². The van der Waals surface area contributed by atoms with Gasteiger partial charge < -0.3 is 9.64 Å². The minimum absolute atomic E-state index is 0.00523.